The lowest BCUT2D eigenvalue weighted by Crippen LogP contribution is -2.37. The Morgan fingerprint density at radius 2 is 1.73 bits per heavy atom. The molecule has 0 unspecified atom stereocenters. The van der Waals surface area contributed by atoms with E-state index in [9.17, 15) is 9.59 Å². The lowest BCUT2D eigenvalue weighted by molar-refractivity contribution is -0.115. The molecule has 1 heterocycles. The first-order valence-electron chi connectivity index (χ1n) is 10.3. The Labute approximate surface area is 177 Å². The van der Waals surface area contributed by atoms with Crippen molar-refractivity contribution in [2.24, 2.45) is 0 Å². The van der Waals surface area contributed by atoms with Crippen LogP contribution >= 0.6 is 0 Å². The molecule has 0 bridgehead atoms. The number of carbonyl (C=O) groups is 2. The molecule has 2 amide bonds. The van der Waals surface area contributed by atoms with Crippen LogP contribution < -0.4 is 15.4 Å². The van der Waals surface area contributed by atoms with Crippen molar-refractivity contribution in [2.75, 3.05) is 51.3 Å². The fraction of sp³-hybridized carbons (Fsp3) is 0.391. The van der Waals surface area contributed by atoms with Crippen molar-refractivity contribution < 1.29 is 19.1 Å². The smallest absolute Gasteiger partial charge is 0.251 e. The topological polar surface area (TPSA) is 79.9 Å². The standard InChI is InChI=1S/C23H29N3O4/c1-2-30-21-9-5-19(6-10-21)23(28)24-17-22(27)25-20-7-3-18(4-8-20)11-12-26-13-15-29-16-14-26/h3-10H,2,11-17H2,1H3,(H,24,28)(H,25,27). The summed E-state index contributed by atoms with van der Waals surface area (Å²) >= 11 is 0. The second-order valence-electron chi connectivity index (χ2n) is 7.09. The van der Waals surface area contributed by atoms with Crippen molar-refractivity contribution in [3.8, 4) is 5.75 Å². The molecular formula is C23H29N3O4. The maximum atomic E-state index is 12.2. The summed E-state index contributed by atoms with van der Waals surface area (Å²) in [6.45, 7) is 6.96. The SMILES string of the molecule is CCOc1ccc(C(=O)NCC(=O)Nc2ccc(CCN3CCOCC3)cc2)cc1. The Bertz CT molecular complexity index is 815. The molecule has 30 heavy (non-hydrogen) atoms. The van der Waals surface area contributed by atoms with Gasteiger partial charge in [-0.05, 0) is 55.3 Å². The van der Waals surface area contributed by atoms with Crippen molar-refractivity contribution >= 4 is 17.5 Å². The highest BCUT2D eigenvalue weighted by molar-refractivity contribution is 5.99. The number of anilines is 1. The molecule has 3 rings (SSSR count). The van der Waals surface area contributed by atoms with E-state index in [1.807, 2.05) is 31.2 Å². The molecule has 0 radical (unpaired) electrons. The van der Waals surface area contributed by atoms with Gasteiger partial charge in [-0.2, -0.15) is 0 Å². The van der Waals surface area contributed by atoms with Gasteiger partial charge in [-0.1, -0.05) is 12.1 Å². The fourth-order valence-corrected chi connectivity index (χ4v) is 3.20. The molecule has 2 N–H and O–H groups in total. The molecule has 0 spiro atoms. The minimum atomic E-state index is -0.299. The Balaban J connectivity index is 1.40. The average molecular weight is 412 g/mol. The number of rotatable bonds is 9. The average Bonchev–Trinajstić information content (AvgIpc) is 2.78. The van der Waals surface area contributed by atoms with Gasteiger partial charge in [0.25, 0.3) is 5.91 Å². The predicted molar refractivity (Wildman–Crippen MR) is 116 cm³/mol. The predicted octanol–water partition coefficient (Wildman–Crippen LogP) is 2.33. The number of nitrogens with zero attached hydrogens (tertiary/aromatic N) is 1. The van der Waals surface area contributed by atoms with E-state index < -0.39 is 0 Å². The van der Waals surface area contributed by atoms with E-state index in [1.165, 1.54) is 5.56 Å². The summed E-state index contributed by atoms with van der Waals surface area (Å²) in [5.74, 6) is 0.141. The lowest BCUT2D eigenvalue weighted by atomic mass is 10.1. The number of hydrogen-bond acceptors (Lipinski definition) is 5. The van der Waals surface area contributed by atoms with Crippen LogP contribution in [0.2, 0.25) is 0 Å². The van der Waals surface area contributed by atoms with Crippen LogP contribution in [0.4, 0.5) is 5.69 Å². The summed E-state index contributed by atoms with van der Waals surface area (Å²) in [6, 6.07) is 14.6. The normalized spacial score (nSPS) is 14.2. The van der Waals surface area contributed by atoms with Crippen LogP contribution in [-0.4, -0.2) is 62.7 Å². The van der Waals surface area contributed by atoms with E-state index in [-0.39, 0.29) is 18.4 Å². The highest BCUT2D eigenvalue weighted by Gasteiger charge is 2.11. The number of ether oxygens (including phenoxy) is 2. The van der Waals surface area contributed by atoms with E-state index >= 15 is 0 Å². The molecular weight excluding hydrogens is 382 g/mol. The Kier molecular flexibility index (Phi) is 8.23. The van der Waals surface area contributed by atoms with Gasteiger partial charge in [0.05, 0.1) is 26.4 Å². The van der Waals surface area contributed by atoms with Crippen LogP contribution in [0.5, 0.6) is 5.75 Å². The molecule has 2 aromatic carbocycles. The van der Waals surface area contributed by atoms with Crippen molar-refractivity contribution in [1.82, 2.24) is 10.2 Å². The monoisotopic (exact) mass is 411 g/mol. The second-order valence-corrected chi connectivity index (χ2v) is 7.09. The molecule has 0 aliphatic carbocycles. The maximum absolute atomic E-state index is 12.2. The van der Waals surface area contributed by atoms with E-state index in [0.29, 0.717) is 23.6 Å². The van der Waals surface area contributed by atoms with E-state index in [0.717, 1.165) is 39.3 Å². The van der Waals surface area contributed by atoms with Crippen molar-refractivity contribution in [2.45, 2.75) is 13.3 Å². The third-order valence-electron chi connectivity index (χ3n) is 4.90. The first-order chi connectivity index (χ1) is 14.6. The zero-order valence-electron chi connectivity index (χ0n) is 17.4. The summed E-state index contributed by atoms with van der Waals surface area (Å²) in [4.78, 5) is 26.7. The number of benzene rings is 2. The summed E-state index contributed by atoms with van der Waals surface area (Å²) in [5.41, 5.74) is 2.42. The van der Waals surface area contributed by atoms with Crippen LogP contribution in [-0.2, 0) is 16.0 Å². The van der Waals surface area contributed by atoms with E-state index in [2.05, 4.69) is 15.5 Å². The number of carbonyl (C=O) groups excluding carboxylic acids is 2. The minimum Gasteiger partial charge on any atom is -0.494 e. The molecule has 0 atom stereocenters. The Morgan fingerprint density at radius 1 is 1.03 bits per heavy atom. The molecule has 160 valence electrons. The van der Waals surface area contributed by atoms with Gasteiger partial charge in [-0.15, -0.1) is 0 Å². The molecule has 1 saturated heterocycles. The van der Waals surface area contributed by atoms with Gasteiger partial charge in [-0.25, -0.2) is 0 Å². The maximum Gasteiger partial charge on any atom is 0.251 e. The first-order valence-corrected chi connectivity index (χ1v) is 10.3. The molecule has 7 heteroatoms. The number of amides is 2. The molecule has 7 nitrogen and oxygen atoms in total. The zero-order chi connectivity index (χ0) is 21.2. The summed E-state index contributed by atoms with van der Waals surface area (Å²) in [7, 11) is 0. The highest BCUT2D eigenvalue weighted by atomic mass is 16.5. The highest BCUT2D eigenvalue weighted by Crippen LogP contribution is 2.13. The van der Waals surface area contributed by atoms with Gasteiger partial charge in [0.2, 0.25) is 5.91 Å². The molecule has 1 fully saturated rings. The Hall–Kier alpha value is -2.90. The van der Waals surface area contributed by atoms with Gasteiger partial charge in [0.1, 0.15) is 5.75 Å². The van der Waals surface area contributed by atoms with Gasteiger partial charge in [0, 0.05) is 30.9 Å². The number of morpholine rings is 1. The van der Waals surface area contributed by atoms with Crippen molar-refractivity contribution in [3.63, 3.8) is 0 Å². The molecule has 0 saturated carbocycles. The molecule has 1 aliphatic heterocycles. The molecule has 2 aromatic rings. The summed E-state index contributed by atoms with van der Waals surface area (Å²) in [5, 5.41) is 5.44. The second kappa shape index (κ2) is 11.3. The van der Waals surface area contributed by atoms with Crippen LogP contribution in [0, 0.1) is 0 Å². The lowest BCUT2D eigenvalue weighted by Gasteiger charge is -2.26. The van der Waals surface area contributed by atoms with Crippen molar-refractivity contribution in [3.05, 3.63) is 59.7 Å². The fourth-order valence-electron chi connectivity index (χ4n) is 3.20. The molecule has 0 aromatic heterocycles. The summed E-state index contributed by atoms with van der Waals surface area (Å²) < 4.78 is 10.7. The van der Waals surface area contributed by atoms with Crippen LogP contribution in [0.1, 0.15) is 22.8 Å². The van der Waals surface area contributed by atoms with Gasteiger partial charge < -0.3 is 20.1 Å². The third kappa shape index (κ3) is 6.86. The minimum absolute atomic E-state index is 0.0924. The van der Waals surface area contributed by atoms with E-state index in [1.54, 1.807) is 24.3 Å². The van der Waals surface area contributed by atoms with Crippen LogP contribution in [0.3, 0.4) is 0 Å². The third-order valence-corrected chi connectivity index (χ3v) is 4.90. The van der Waals surface area contributed by atoms with Gasteiger partial charge >= 0.3 is 0 Å². The van der Waals surface area contributed by atoms with E-state index in [4.69, 9.17) is 9.47 Å². The van der Waals surface area contributed by atoms with Gasteiger partial charge in [-0.3, -0.25) is 14.5 Å². The Morgan fingerprint density at radius 3 is 2.40 bits per heavy atom. The van der Waals surface area contributed by atoms with Crippen LogP contribution in [0.15, 0.2) is 48.5 Å². The van der Waals surface area contributed by atoms with Crippen molar-refractivity contribution in [1.29, 1.82) is 0 Å². The van der Waals surface area contributed by atoms with Crippen LogP contribution in [0.25, 0.3) is 0 Å². The summed E-state index contributed by atoms with van der Waals surface area (Å²) in [6.07, 6.45) is 0.965. The molecule has 1 aliphatic rings. The zero-order valence-corrected chi connectivity index (χ0v) is 17.4. The first kappa shape index (κ1) is 21.8. The number of hydrogen-bond donors (Lipinski definition) is 2. The number of nitrogens with one attached hydrogen (secondary N) is 2. The quantitative estimate of drug-likeness (QED) is 0.662. The van der Waals surface area contributed by atoms with Gasteiger partial charge in [0.15, 0.2) is 0 Å². The largest absolute Gasteiger partial charge is 0.494 e.